The van der Waals surface area contributed by atoms with Crippen LogP contribution in [-0.2, 0) is 4.79 Å². The number of fused-ring (bicyclic) bond motifs is 1. The summed E-state index contributed by atoms with van der Waals surface area (Å²) in [4.78, 5) is 21.6. The standard InChI is InChI=1S/C22H22ClFN4OS/c1-27(2)16-9-10-28(13-16)22-26-19-7-5-15(12-20(19)30-22)25-21(29)8-4-14-3-6-18(24)17(23)11-14/h3-8,11-12,16H,9-10,13H2,1-2H3,(H,25,29). The maximum absolute atomic E-state index is 13.2. The molecule has 2 heterocycles. The van der Waals surface area contributed by atoms with Gasteiger partial charge in [-0.05, 0) is 62.5 Å². The molecule has 0 bridgehead atoms. The predicted octanol–water partition coefficient (Wildman–Crippen LogP) is 4.88. The zero-order valence-electron chi connectivity index (χ0n) is 16.7. The Morgan fingerprint density at radius 2 is 2.17 bits per heavy atom. The number of carbonyl (C=O) groups is 1. The highest BCUT2D eigenvalue weighted by atomic mass is 35.5. The molecule has 3 aromatic rings. The Balaban J connectivity index is 1.44. The van der Waals surface area contributed by atoms with E-state index in [1.54, 1.807) is 23.5 Å². The zero-order chi connectivity index (χ0) is 21.3. The molecule has 1 saturated heterocycles. The van der Waals surface area contributed by atoms with Crippen molar-refractivity contribution in [1.29, 1.82) is 0 Å². The number of benzene rings is 2. The van der Waals surface area contributed by atoms with Crippen LogP contribution in [0.1, 0.15) is 12.0 Å². The number of nitrogens with zero attached hydrogens (tertiary/aromatic N) is 3. The van der Waals surface area contributed by atoms with Crippen molar-refractivity contribution in [2.45, 2.75) is 12.5 Å². The second-order valence-electron chi connectivity index (χ2n) is 7.53. The maximum Gasteiger partial charge on any atom is 0.248 e. The first kappa shape index (κ1) is 20.8. The van der Waals surface area contributed by atoms with Crippen LogP contribution in [0.5, 0.6) is 0 Å². The van der Waals surface area contributed by atoms with E-state index in [1.807, 2.05) is 18.2 Å². The average Bonchev–Trinajstić information content (AvgIpc) is 3.35. The predicted molar refractivity (Wildman–Crippen MR) is 123 cm³/mol. The Bertz CT molecular complexity index is 1110. The minimum atomic E-state index is -0.485. The van der Waals surface area contributed by atoms with Crippen molar-refractivity contribution < 1.29 is 9.18 Å². The van der Waals surface area contributed by atoms with Gasteiger partial charge in [-0.2, -0.15) is 0 Å². The summed E-state index contributed by atoms with van der Waals surface area (Å²) >= 11 is 7.41. The molecule has 1 amide bonds. The van der Waals surface area contributed by atoms with E-state index >= 15 is 0 Å². The fourth-order valence-electron chi connectivity index (χ4n) is 3.43. The van der Waals surface area contributed by atoms with Crippen LogP contribution in [-0.4, -0.2) is 49.0 Å². The number of amides is 1. The molecule has 1 fully saturated rings. The Morgan fingerprint density at radius 1 is 1.33 bits per heavy atom. The summed E-state index contributed by atoms with van der Waals surface area (Å²) in [7, 11) is 4.22. The highest BCUT2D eigenvalue weighted by Crippen LogP contribution is 2.33. The van der Waals surface area contributed by atoms with Crippen molar-refractivity contribution in [2.75, 3.05) is 37.4 Å². The molecule has 8 heteroatoms. The van der Waals surface area contributed by atoms with Crippen LogP contribution in [0.25, 0.3) is 16.3 Å². The number of rotatable bonds is 5. The molecule has 2 aromatic carbocycles. The molecule has 0 spiro atoms. The number of nitrogens with one attached hydrogen (secondary N) is 1. The number of hydrogen-bond acceptors (Lipinski definition) is 5. The molecule has 1 aliphatic heterocycles. The number of carbonyl (C=O) groups excluding carboxylic acids is 1. The molecular formula is C22H22ClFN4OS. The smallest absolute Gasteiger partial charge is 0.248 e. The van der Waals surface area contributed by atoms with Gasteiger partial charge in [0.1, 0.15) is 5.82 Å². The van der Waals surface area contributed by atoms with Crippen LogP contribution in [0.2, 0.25) is 5.02 Å². The first-order valence-electron chi connectivity index (χ1n) is 9.65. The monoisotopic (exact) mass is 444 g/mol. The number of hydrogen-bond donors (Lipinski definition) is 1. The van der Waals surface area contributed by atoms with E-state index in [9.17, 15) is 9.18 Å². The van der Waals surface area contributed by atoms with E-state index in [4.69, 9.17) is 16.6 Å². The van der Waals surface area contributed by atoms with E-state index in [1.165, 1.54) is 18.2 Å². The third kappa shape index (κ3) is 4.64. The first-order valence-corrected chi connectivity index (χ1v) is 10.8. The fourth-order valence-corrected chi connectivity index (χ4v) is 4.66. The van der Waals surface area contributed by atoms with Crippen molar-refractivity contribution in [2.24, 2.45) is 0 Å². The van der Waals surface area contributed by atoms with Gasteiger partial charge in [-0.1, -0.05) is 29.0 Å². The van der Waals surface area contributed by atoms with Gasteiger partial charge in [-0.3, -0.25) is 4.79 Å². The van der Waals surface area contributed by atoms with E-state index in [2.05, 4.69) is 29.2 Å². The second kappa shape index (κ2) is 8.71. The van der Waals surface area contributed by atoms with Crippen molar-refractivity contribution in [3.8, 4) is 0 Å². The van der Waals surface area contributed by atoms with Gasteiger partial charge in [0.05, 0.1) is 15.2 Å². The van der Waals surface area contributed by atoms with Gasteiger partial charge < -0.3 is 15.1 Å². The largest absolute Gasteiger partial charge is 0.346 e. The zero-order valence-corrected chi connectivity index (χ0v) is 18.3. The molecule has 0 aliphatic carbocycles. The van der Waals surface area contributed by atoms with Gasteiger partial charge in [0.25, 0.3) is 0 Å². The Labute approximate surface area is 183 Å². The van der Waals surface area contributed by atoms with Crippen LogP contribution >= 0.6 is 22.9 Å². The van der Waals surface area contributed by atoms with E-state index in [0.717, 1.165) is 34.9 Å². The molecular weight excluding hydrogens is 423 g/mol. The van der Waals surface area contributed by atoms with Gasteiger partial charge in [0, 0.05) is 30.9 Å². The Morgan fingerprint density at radius 3 is 2.90 bits per heavy atom. The number of anilines is 2. The van der Waals surface area contributed by atoms with E-state index in [0.29, 0.717) is 17.3 Å². The van der Waals surface area contributed by atoms with Gasteiger partial charge in [-0.25, -0.2) is 9.37 Å². The molecule has 1 aliphatic rings. The fraction of sp³-hybridized carbons (Fsp3) is 0.273. The van der Waals surface area contributed by atoms with Crippen molar-refractivity contribution in [1.82, 2.24) is 9.88 Å². The minimum absolute atomic E-state index is 0.0268. The molecule has 30 heavy (non-hydrogen) atoms. The van der Waals surface area contributed by atoms with Gasteiger partial charge in [0.2, 0.25) is 5.91 Å². The molecule has 0 radical (unpaired) electrons. The lowest BCUT2D eigenvalue weighted by Gasteiger charge is -2.19. The quantitative estimate of drug-likeness (QED) is 0.570. The number of aromatic nitrogens is 1. The molecule has 0 saturated carbocycles. The summed E-state index contributed by atoms with van der Waals surface area (Å²) in [5, 5.41) is 3.90. The average molecular weight is 445 g/mol. The lowest BCUT2D eigenvalue weighted by atomic mass is 10.2. The summed E-state index contributed by atoms with van der Waals surface area (Å²) in [5.41, 5.74) is 2.29. The second-order valence-corrected chi connectivity index (χ2v) is 8.94. The van der Waals surface area contributed by atoms with Crippen LogP contribution in [0.4, 0.5) is 15.2 Å². The number of likely N-dealkylation sites (N-methyl/N-ethyl adjacent to an activating group) is 1. The Hall–Kier alpha value is -2.48. The molecule has 1 N–H and O–H groups in total. The third-order valence-corrected chi connectivity index (χ3v) is 6.55. The number of halogens is 2. The van der Waals surface area contributed by atoms with Crippen LogP contribution < -0.4 is 10.2 Å². The first-order chi connectivity index (χ1) is 14.4. The van der Waals surface area contributed by atoms with Crippen LogP contribution in [0.15, 0.2) is 42.5 Å². The normalized spacial score (nSPS) is 16.8. The molecule has 5 nitrogen and oxygen atoms in total. The van der Waals surface area contributed by atoms with Crippen LogP contribution in [0, 0.1) is 5.82 Å². The Kier molecular flexibility index (Phi) is 6.04. The van der Waals surface area contributed by atoms with Crippen LogP contribution in [0.3, 0.4) is 0 Å². The van der Waals surface area contributed by atoms with Crippen molar-refractivity contribution in [3.63, 3.8) is 0 Å². The van der Waals surface area contributed by atoms with E-state index < -0.39 is 5.82 Å². The summed E-state index contributed by atoms with van der Waals surface area (Å²) < 4.78 is 14.3. The highest BCUT2D eigenvalue weighted by Gasteiger charge is 2.26. The molecule has 1 aromatic heterocycles. The van der Waals surface area contributed by atoms with Crippen molar-refractivity contribution >= 4 is 56.0 Å². The van der Waals surface area contributed by atoms with Gasteiger partial charge >= 0.3 is 0 Å². The van der Waals surface area contributed by atoms with Gasteiger partial charge in [0.15, 0.2) is 5.13 Å². The lowest BCUT2D eigenvalue weighted by Crippen LogP contribution is -2.31. The summed E-state index contributed by atoms with van der Waals surface area (Å²) in [5.74, 6) is -0.755. The maximum atomic E-state index is 13.2. The lowest BCUT2D eigenvalue weighted by molar-refractivity contribution is -0.111. The topological polar surface area (TPSA) is 48.5 Å². The minimum Gasteiger partial charge on any atom is -0.346 e. The number of thiazole rings is 1. The molecule has 156 valence electrons. The molecule has 1 atom stereocenters. The summed E-state index contributed by atoms with van der Waals surface area (Å²) in [6, 6.07) is 10.6. The SMILES string of the molecule is CN(C)C1CCN(c2nc3ccc(NC(=O)C=Cc4ccc(F)c(Cl)c4)cc3s2)C1. The highest BCUT2D eigenvalue weighted by molar-refractivity contribution is 7.22. The summed E-state index contributed by atoms with van der Waals surface area (Å²) in [6.07, 6.45) is 4.13. The molecule has 1 unspecified atom stereocenters. The van der Waals surface area contributed by atoms with E-state index in [-0.39, 0.29) is 10.9 Å². The van der Waals surface area contributed by atoms with Gasteiger partial charge in [-0.15, -0.1) is 0 Å². The molecule has 4 rings (SSSR count). The third-order valence-electron chi connectivity index (χ3n) is 5.18. The summed E-state index contributed by atoms with van der Waals surface area (Å²) in [6.45, 7) is 1.99. The van der Waals surface area contributed by atoms with Crippen molar-refractivity contribution in [3.05, 3.63) is 58.9 Å².